The van der Waals surface area contributed by atoms with E-state index in [1.165, 1.54) is 11.2 Å². The first kappa shape index (κ1) is 19.1. The fourth-order valence-corrected chi connectivity index (χ4v) is 4.23. The Labute approximate surface area is 173 Å². The van der Waals surface area contributed by atoms with E-state index in [-0.39, 0.29) is 18.4 Å². The van der Waals surface area contributed by atoms with E-state index in [1.807, 2.05) is 4.90 Å². The van der Waals surface area contributed by atoms with E-state index in [4.69, 9.17) is 27.6 Å². The first-order chi connectivity index (χ1) is 13.5. The van der Waals surface area contributed by atoms with Gasteiger partial charge in [0.15, 0.2) is 0 Å². The summed E-state index contributed by atoms with van der Waals surface area (Å²) in [5.41, 5.74) is 1.29. The molecule has 0 spiro atoms. The molecule has 0 radical (unpaired) electrons. The van der Waals surface area contributed by atoms with Crippen molar-refractivity contribution in [2.24, 2.45) is 5.92 Å². The molecule has 5 nitrogen and oxygen atoms in total. The number of benzene rings is 1. The van der Waals surface area contributed by atoms with Crippen LogP contribution in [0.1, 0.15) is 31.1 Å². The number of nitrogens with zero attached hydrogens (tertiary/aromatic N) is 2. The van der Waals surface area contributed by atoms with Crippen molar-refractivity contribution in [3.05, 3.63) is 63.7 Å². The molecule has 0 N–H and O–H groups in total. The zero-order valence-corrected chi connectivity index (χ0v) is 17.0. The summed E-state index contributed by atoms with van der Waals surface area (Å²) < 4.78 is 5.35. The van der Waals surface area contributed by atoms with E-state index < -0.39 is 0 Å². The molecule has 0 bridgehead atoms. The van der Waals surface area contributed by atoms with Crippen molar-refractivity contribution in [3.63, 3.8) is 0 Å². The molecule has 2 aliphatic heterocycles. The number of rotatable bonds is 4. The summed E-state index contributed by atoms with van der Waals surface area (Å²) in [7, 11) is 0. The molecule has 146 valence electrons. The Morgan fingerprint density at radius 3 is 2.50 bits per heavy atom. The van der Waals surface area contributed by atoms with Crippen molar-refractivity contribution in [2.75, 3.05) is 13.1 Å². The summed E-state index contributed by atoms with van der Waals surface area (Å²) in [5, 5.41) is 0.832. The maximum atomic E-state index is 13.3. The van der Waals surface area contributed by atoms with Crippen molar-refractivity contribution in [3.8, 4) is 0 Å². The van der Waals surface area contributed by atoms with Gasteiger partial charge in [-0.3, -0.25) is 14.5 Å². The minimum Gasteiger partial charge on any atom is -0.467 e. The van der Waals surface area contributed by atoms with Crippen LogP contribution in [0.15, 0.2) is 46.7 Å². The second-order valence-corrected chi connectivity index (χ2v) is 8.14. The van der Waals surface area contributed by atoms with Crippen LogP contribution in [0.5, 0.6) is 0 Å². The molecule has 4 rings (SSSR count). The molecular weight excluding hydrogens is 399 g/mol. The van der Waals surface area contributed by atoms with Gasteiger partial charge in [0.2, 0.25) is 0 Å². The zero-order chi connectivity index (χ0) is 19.8. The fraction of sp³-hybridized carbons (Fsp3) is 0.333. The molecule has 2 aromatic rings. The molecule has 3 heterocycles. The van der Waals surface area contributed by atoms with E-state index in [1.54, 1.807) is 30.3 Å². The predicted molar refractivity (Wildman–Crippen MR) is 108 cm³/mol. The fourth-order valence-electron chi connectivity index (χ4n) is 3.73. The molecular formula is C21H20Cl2N2O3. The Morgan fingerprint density at radius 2 is 1.86 bits per heavy atom. The number of amides is 2. The summed E-state index contributed by atoms with van der Waals surface area (Å²) in [5.74, 6) is 0.485. The largest absolute Gasteiger partial charge is 0.467 e. The third-order valence-electron chi connectivity index (χ3n) is 5.34. The van der Waals surface area contributed by atoms with Gasteiger partial charge < -0.3 is 9.32 Å². The van der Waals surface area contributed by atoms with Crippen LogP contribution in [0.4, 0.5) is 0 Å². The highest BCUT2D eigenvalue weighted by Gasteiger charge is 2.43. The number of hydrogen-bond donors (Lipinski definition) is 0. The molecule has 1 fully saturated rings. The maximum absolute atomic E-state index is 13.3. The Morgan fingerprint density at radius 1 is 1.11 bits per heavy atom. The minimum atomic E-state index is -0.362. The van der Waals surface area contributed by atoms with E-state index in [0.717, 1.165) is 25.9 Å². The maximum Gasteiger partial charge on any atom is 0.278 e. The zero-order valence-electron chi connectivity index (χ0n) is 15.5. The molecule has 2 amide bonds. The molecule has 1 aromatic heterocycles. The number of likely N-dealkylation sites (tertiary alicyclic amines) is 1. The molecule has 0 saturated carbocycles. The van der Waals surface area contributed by atoms with Gasteiger partial charge in [0.05, 0.1) is 23.4 Å². The van der Waals surface area contributed by atoms with Crippen LogP contribution in [-0.2, 0) is 16.1 Å². The quantitative estimate of drug-likeness (QED) is 0.680. The van der Waals surface area contributed by atoms with Crippen LogP contribution in [0.2, 0.25) is 10.0 Å². The smallest absolute Gasteiger partial charge is 0.278 e. The van der Waals surface area contributed by atoms with Gasteiger partial charge in [-0.05, 0) is 43.0 Å². The van der Waals surface area contributed by atoms with Crippen LogP contribution in [0.3, 0.4) is 0 Å². The number of hydrogen-bond acceptors (Lipinski definition) is 4. The number of furan rings is 1. The van der Waals surface area contributed by atoms with Crippen LogP contribution >= 0.6 is 23.2 Å². The average Bonchev–Trinajstić information content (AvgIpc) is 3.25. The Balaban J connectivity index is 1.77. The van der Waals surface area contributed by atoms with E-state index in [0.29, 0.717) is 38.6 Å². The van der Waals surface area contributed by atoms with Gasteiger partial charge in [-0.25, -0.2) is 0 Å². The third kappa shape index (κ3) is 3.45. The Kier molecular flexibility index (Phi) is 5.21. The summed E-state index contributed by atoms with van der Waals surface area (Å²) in [4.78, 5) is 29.8. The highest BCUT2D eigenvalue weighted by molar-refractivity contribution is 6.41. The molecule has 7 heteroatoms. The second-order valence-electron chi connectivity index (χ2n) is 7.29. The van der Waals surface area contributed by atoms with Crippen molar-refractivity contribution >= 4 is 40.6 Å². The molecule has 0 unspecified atom stereocenters. The standard InChI is InChI=1S/C21H20Cl2N2O3/c1-13-6-8-24(9-7-13)19-18(16-5-4-14(22)11-17(16)23)20(26)25(21(19)27)12-15-3-2-10-28-15/h2-5,10-11,13H,6-9,12H2,1H3. The lowest BCUT2D eigenvalue weighted by atomic mass is 9.97. The Hall–Kier alpha value is -2.24. The first-order valence-corrected chi connectivity index (χ1v) is 10.0. The first-order valence-electron chi connectivity index (χ1n) is 9.29. The third-order valence-corrected chi connectivity index (χ3v) is 5.89. The van der Waals surface area contributed by atoms with Gasteiger partial charge in [0.25, 0.3) is 11.8 Å². The number of carbonyl (C=O) groups is 2. The molecule has 2 aliphatic rings. The molecule has 1 aromatic carbocycles. The van der Waals surface area contributed by atoms with E-state index in [9.17, 15) is 9.59 Å². The lowest BCUT2D eigenvalue weighted by Crippen LogP contribution is -2.38. The summed E-state index contributed by atoms with van der Waals surface area (Å²) in [6, 6.07) is 8.45. The SMILES string of the molecule is CC1CCN(C2=C(c3ccc(Cl)cc3Cl)C(=O)N(Cc3ccco3)C2=O)CC1. The summed E-state index contributed by atoms with van der Waals surface area (Å²) in [6.45, 7) is 3.76. The topological polar surface area (TPSA) is 53.8 Å². The van der Waals surface area contributed by atoms with Gasteiger partial charge in [-0.1, -0.05) is 36.2 Å². The highest BCUT2D eigenvalue weighted by atomic mass is 35.5. The van der Waals surface area contributed by atoms with Gasteiger partial charge in [-0.15, -0.1) is 0 Å². The monoisotopic (exact) mass is 418 g/mol. The number of halogens is 2. The second kappa shape index (κ2) is 7.64. The van der Waals surface area contributed by atoms with Crippen molar-refractivity contribution in [2.45, 2.75) is 26.3 Å². The van der Waals surface area contributed by atoms with Gasteiger partial charge in [-0.2, -0.15) is 0 Å². The average molecular weight is 419 g/mol. The molecule has 28 heavy (non-hydrogen) atoms. The summed E-state index contributed by atoms with van der Waals surface area (Å²) >= 11 is 12.4. The number of piperidine rings is 1. The lowest BCUT2D eigenvalue weighted by molar-refractivity contribution is -0.138. The predicted octanol–water partition coefficient (Wildman–Crippen LogP) is 4.60. The van der Waals surface area contributed by atoms with Crippen LogP contribution in [0, 0.1) is 5.92 Å². The lowest BCUT2D eigenvalue weighted by Gasteiger charge is -2.32. The van der Waals surface area contributed by atoms with Crippen molar-refractivity contribution in [1.82, 2.24) is 9.80 Å². The van der Waals surface area contributed by atoms with Gasteiger partial charge >= 0.3 is 0 Å². The van der Waals surface area contributed by atoms with Crippen molar-refractivity contribution in [1.29, 1.82) is 0 Å². The Bertz CT molecular complexity index is 945. The molecule has 0 aliphatic carbocycles. The van der Waals surface area contributed by atoms with Crippen LogP contribution < -0.4 is 0 Å². The number of carbonyl (C=O) groups excluding carboxylic acids is 2. The minimum absolute atomic E-state index is 0.0904. The van der Waals surface area contributed by atoms with Crippen molar-refractivity contribution < 1.29 is 14.0 Å². The van der Waals surface area contributed by atoms with Gasteiger partial charge in [0, 0.05) is 23.7 Å². The molecule has 0 atom stereocenters. The van der Waals surface area contributed by atoms with Crippen LogP contribution in [-0.4, -0.2) is 34.7 Å². The summed E-state index contributed by atoms with van der Waals surface area (Å²) in [6.07, 6.45) is 3.48. The van der Waals surface area contributed by atoms with E-state index >= 15 is 0 Å². The number of imide groups is 1. The van der Waals surface area contributed by atoms with Crippen LogP contribution in [0.25, 0.3) is 5.57 Å². The normalized spacial score (nSPS) is 18.5. The highest BCUT2D eigenvalue weighted by Crippen LogP contribution is 2.38. The molecule has 1 saturated heterocycles. The van der Waals surface area contributed by atoms with E-state index in [2.05, 4.69) is 6.92 Å². The van der Waals surface area contributed by atoms with Gasteiger partial charge in [0.1, 0.15) is 11.5 Å².